The average Bonchev–Trinajstić information content (AvgIpc) is 3.08. The zero-order valence-corrected chi connectivity index (χ0v) is 15.7. The molecule has 0 atom stereocenters. The van der Waals surface area contributed by atoms with Gasteiger partial charge in [0.05, 0.1) is 17.4 Å². The van der Waals surface area contributed by atoms with Crippen molar-refractivity contribution >= 4 is 11.6 Å². The molecule has 1 aromatic heterocycles. The number of nitrogens with one attached hydrogen (secondary N) is 1. The number of para-hydroxylation sites is 1. The molecule has 146 valence electrons. The van der Waals surface area contributed by atoms with Crippen LogP contribution in [0.3, 0.4) is 0 Å². The van der Waals surface area contributed by atoms with Crippen LogP contribution in [0.4, 0.5) is 18.9 Å². The smallest absolute Gasteiger partial charge is 0.322 e. The van der Waals surface area contributed by atoms with Gasteiger partial charge in [0.25, 0.3) is 5.91 Å². The van der Waals surface area contributed by atoms with Crippen molar-refractivity contribution in [3.8, 4) is 5.69 Å². The molecule has 0 unspecified atom stereocenters. The van der Waals surface area contributed by atoms with E-state index in [1.54, 1.807) is 43.3 Å². The van der Waals surface area contributed by atoms with E-state index in [0.717, 1.165) is 16.4 Å². The van der Waals surface area contributed by atoms with Crippen LogP contribution in [0.25, 0.3) is 5.69 Å². The van der Waals surface area contributed by atoms with Crippen molar-refractivity contribution in [1.82, 2.24) is 9.78 Å². The molecule has 0 saturated carbocycles. The predicted molar refractivity (Wildman–Crippen MR) is 102 cm³/mol. The summed E-state index contributed by atoms with van der Waals surface area (Å²) in [7, 11) is 0. The molecule has 7 heteroatoms. The van der Waals surface area contributed by atoms with Crippen molar-refractivity contribution in [3.05, 3.63) is 77.1 Å². The van der Waals surface area contributed by atoms with Gasteiger partial charge in [-0.25, -0.2) is 4.68 Å². The maximum atomic E-state index is 13.8. The number of alkyl halides is 3. The Morgan fingerprint density at radius 1 is 1.11 bits per heavy atom. The highest BCUT2D eigenvalue weighted by atomic mass is 19.4. The van der Waals surface area contributed by atoms with Gasteiger partial charge < -0.3 is 5.32 Å². The molecule has 3 aromatic rings. The highest BCUT2D eigenvalue weighted by Crippen LogP contribution is 2.34. The summed E-state index contributed by atoms with van der Waals surface area (Å²) in [5.74, 6) is -0.626. The Hall–Kier alpha value is -3.09. The number of hydrogen-bond acceptors (Lipinski definition) is 2. The molecule has 0 bridgehead atoms. The van der Waals surface area contributed by atoms with E-state index in [1.165, 1.54) is 6.07 Å². The summed E-state index contributed by atoms with van der Waals surface area (Å²) in [5, 5.41) is 6.41. The minimum Gasteiger partial charge on any atom is -0.322 e. The van der Waals surface area contributed by atoms with Gasteiger partial charge in [-0.05, 0) is 42.2 Å². The van der Waals surface area contributed by atoms with Crippen molar-refractivity contribution in [2.75, 3.05) is 5.32 Å². The first-order valence-electron chi connectivity index (χ1n) is 8.81. The predicted octanol–water partition coefficient (Wildman–Crippen LogP) is 5.58. The first-order chi connectivity index (χ1) is 13.2. The normalized spacial score (nSPS) is 11.7. The van der Waals surface area contributed by atoms with Crippen LogP contribution in [-0.2, 0) is 6.18 Å². The molecular weight excluding hydrogens is 367 g/mol. The molecule has 0 saturated heterocycles. The second kappa shape index (κ2) is 7.50. The number of anilines is 1. The summed E-state index contributed by atoms with van der Waals surface area (Å²) >= 11 is 0. The van der Waals surface area contributed by atoms with Gasteiger partial charge in [0.15, 0.2) is 5.69 Å². The minimum absolute atomic E-state index is 0.228. The fourth-order valence-corrected chi connectivity index (χ4v) is 2.95. The van der Waals surface area contributed by atoms with E-state index in [-0.39, 0.29) is 11.6 Å². The number of carbonyl (C=O) groups is 1. The third kappa shape index (κ3) is 3.93. The van der Waals surface area contributed by atoms with E-state index in [2.05, 4.69) is 10.4 Å². The van der Waals surface area contributed by atoms with Crippen LogP contribution in [0.1, 0.15) is 46.9 Å². The highest BCUT2D eigenvalue weighted by molar-refractivity contribution is 6.05. The van der Waals surface area contributed by atoms with Crippen LogP contribution in [-0.4, -0.2) is 15.7 Å². The van der Waals surface area contributed by atoms with Gasteiger partial charge in [0.2, 0.25) is 0 Å². The number of halogens is 3. The molecule has 1 heterocycles. The maximum absolute atomic E-state index is 13.8. The second-order valence-corrected chi connectivity index (χ2v) is 6.84. The summed E-state index contributed by atoms with van der Waals surface area (Å²) in [6.45, 7) is 5.68. The topological polar surface area (TPSA) is 46.9 Å². The van der Waals surface area contributed by atoms with E-state index in [1.807, 2.05) is 19.9 Å². The second-order valence-electron chi connectivity index (χ2n) is 6.84. The lowest BCUT2D eigenvalue weighted by atomic mass is 10.0. The van der Waals surface area contributed by atoms with Crippen molar-refractivity contribution in [2.24, 2.45) is 0 Å². The van der Waals surface area contributed by atoms with Gasteiger partial charge in [-0.1, -0.05) is 44.2 Å². The summed E-state index contributed by atoms with van der Waals surface area (Å²) in [5.41, 5.74) is 0.686. The van der Waals surface area contributed by atoms with E-state index < -0.39 is 23.3 Å². The minimum atomic E-state index is -4.74. The molecular formula is C21H20F3N3O. The van der Waals surface area contributed by atoms with Crippen LogP contribution in [0.15, 0.2) is 54.7 Å². The van der Waals surface area contributed by atoms with Crippen LogP contribution in [0.2, 0.25) is 0 Å². The molecule has 28 heavy (non-hydrogen) atoms. The fraction of sp³-hybridized carbons (Fsp3) is 0.238. The van der Waals surface area contributed by atoms with E-state index in [0.29, 0.717) is 11.3 Å². The van der Waals surface area contributed by atoms with Crippen LogP contribution >= 0.6 is 0 Å². The number of aromatic nitrogens is 2. The van der Waals surface area contributed by atoms with Crippen molar-refractivity contribution in [3.63, 3.8) is 0 Å². The first-order valence-corrected chi connectivity index (χ1v) is 8.81. The van der Waals surface area contributed by atoms with Gasteiger partial charge in [0.1, 0.15) is 0 Å². The molecule has 4 nitrogen and oxygen atoms in total. The Kier molecular flexibility index (Phi) is 5.27. The Labute approximate surface area is 161 Å². The number of hydrogen-bond donors (Lipinski definition) is 1. The molecule has 0 radical (unpaired) electrons. The molecule has 0 aliphatic rings. The molecule has 2 aromatic carbocycles. The van der Waals surface area contributed by atoms with Crippen LogP contribution in [0, 0.1) is 6.92 Å². The summed E-state index contributed by atoms with van der Waals surface area (Å²) in [4.78, 5) is 12.6. The number of rotatable bonds is 4. The highest BCUT2D eigenvalue weighted by Gasteiger charge is 2.40. The molecule has 1 amide bonds. The summed E-state index contributed by atoms with van der Waals surface area (Å²) in [6.07, 6.45) is -3.79. The summed E-state index contributed by atoms with van der Waals surface area (Å²) in [6, 6.07) is 13.6. The first kappa shape index (κ1) is 19.7. The Bertz CT molecular complexity index is 1010. The molecule has 0 spiro atoms. The zero-order chi connectivity index (χ0) is 20.5. The molecule has 0 aliphatic heterocycles. The number of nitrogens with zero attached hydrogens (tertiary/aromatic N) is 2. The van der Waals surface area contributed by atoms with Crippen LogP contribution in [0.5, 0.6) is 0 Å². The Morgan fingerprint density at radius 3 is 2.46 bits per heavy atom. The van der Waals surface area contributed by atoms with Crippen LogP contribution < -0.4 is 5.32 Å². The third-order valence-electron chi connectivity index (χ3n) is 4.44. The quantitative estimate of drug-likeness (QED) is 0.636. The third-order valence-corrected chi connectivity index (χ3v) is 4.44. The standard InChI is InChI=1S/C21H20F3N3O/c1-13(2)15-8-6-9-16(11-15)26-20(28)17-12-25-27(19(17)21(22,23)24)18-10-5-4-7-14(18)3/h4-13H,1-3H3,(H,26,28). The zero-order valence-electron chi connectivity index (χ0n) is 15.7. The monoisotopic (exact) mass is 387 g/mol. The number of carbonyl (C=O) groups excluding carboxylic acids is 1. The molecule has 1 N–H and O–H groups in total. The Balaban J connectivity index is 2.02. The van der Waals surface area contributed by atoms with Crippen molar-refractivity contribution in [1.29, 1.82) is 0 Å². The molecule has 0 aliphatic carbocycles. The van der Waals surface area contributed by atoms with E-state index >= 15 is 0 Å². The van der Waals surface area contributed by atoms with E-state index in [9.17, 15) is 18.0 Å². The number of benzene rings is 2. The number of amides is 1. The molecule has 0 fully saturated rings. The van der Waals surface area contributed by atoms with Gasteiger partial charge >= 0.3 is 6.18 Å². The van der Waals surface area contributed by atoms with Crippen molar-refractivity contribution in [2.45, 2.75) is 32.9 Å². The van der Waals surface area contributed by atoms with Gasteiger partial charge in [-0.3, -0.25) is 4.79 Å². The largest absolute Gasteiger partial charge is 0.434 e. The average molecular weight is 387 g/mol. The Morgan fingerprint density at radius 2 is 1.82 bits per heavy atom. The van der Waals surface area contributed by atoms with Gasteiger partial charge in [0, 0.05) is 5.69 Å². The SMILES string of the molecule is Cc1ccccc1-n1ncc(C(=O)Nc2cccc(C(C)C)c2)c1C(F)(F)F. The lowest BCUT2D eigenvalue weighted by Crippen LogP contribution is -2.21. The maximum Gasteiger partial charge on any atom is 0.434 e. The fourth-order valence-electron chi connectivity index (χ4n) is 2.95. The van der Waals surface area contributed by atoms with Gasteiger partial charge in [-0.2, -0.15) is 18.3 Å². The summed E-state index contributed by atoms with van der Waals surface area (Å²) < 4.78 is 42.1. The number of aryl methyl sites for hydroxylation is 1. The van der Waals surface area contributed by atoms with Crippen molar-refractivity contribution < 1.29 is 18.0 Å². The lowest BCUT2D eigenvalue weighted by Gasteiger charge is -2.14. The van der Waals surface area contributed by atoms with Gasteiger partial charge in [-0.15, -0.1) is 0 Å². The molecule has 3 rings (SSSR count). The van der Waals surface area contributed by atoms with E-state index in [4.69, 9.17) is 0 Å². The lowest BCUT2D eigenvalue weighted by molar-refractivity contribution is -0.143.